The molecule has 0 radical (unpaired) electrons. The molecule has 0 atom stereocenters. The number of isocyanates is 1. The maximum absolute atomic E-state index is 10.7. The molecule has 1 saturated carbocycles. The van der Waals surface area contributed by atoms with Crippen molar-refractivity contribution in [3.63, 3.8) is 0 Å². The van der Waals surface area contributed by atoms with Crippen molar-refractivity contribution in [2.45, 2.75) is 31.2 Å². The molecule has 1 heterocycles. The molecule has 0 unspecified atom stereocenters. The van der Waals surface area contributed by atoms with Crippen molar-refractivity contribution in [3.8, 4) is 0 Å². The van der Waals surface area contributed by atoms with Crippen molar-refractivity contribution in [1.82, 2.24) is 5.16 Å². The van der Waals surface area contributed by atoms with Crippen LogP contribution in [0.1, 0.15) is 31.2 Å². The average molecular weight is 228 g/mol. The molecule has 4 heteroatoms. The summed E-state index contributed by atoms with van der Waals surface area (Å²) >= 11 is 0. The van der Waals surface area contributed by atoms with Gasteiger partial charge in [0, 0.05) is 10.9 Å². The Kier molecular flexibility index (Phi) is 2.30. The molecule has 2 aromatic rings. The van der Waals surface area contributed by atoms with Crippen LogP contribution in [0.3, 0.4) is 0 Å². The molecule has 0 amide bonds. The summed E-state index contributed by atoms with van der Waals surface area (Å²) in [7, 11) is 0. The minimum absolute atomic E-state index is 0.444. The van der Waals surface area contributed by atoms with Gasteiger partial charge in [0.25, 0.3) is 0 Å². The Bertz CT molecular complexity index is 590. The Labute approximate surface area is 98.3 Å². The molecular formula is C13H12N2O2. The summed E-state index contributed by atoms with van der Waals surface area (Å²) in [6.45, 7) is 0. The highest BCUT2D eigenvalue weighted by atomic mass is 16.5. The number of aromatic nitrogens is 1. The van der Waals surface area contributed by atoms with Gasteiger partial charge in [-0.1, -0.05) is 30.1 Å². The molecule has 1 aromatic carbocycles. The van der Waals surface area contributed by atoms with E-state index in [9.17, 15) is 4.79 Å². The molecule has 1 aromatic heterocycles. The molecule has 86 valence electrons. The van der Waals surface area contributed by atoms with Crippen molar-refractivity contribution in [1.29, 1.82) is 0 Å². The van der Waals surface area contributed by atoms with E-state index in [-0.39, 0.29) is 0 Å². The maximum atomic E-state index is 10.7. The second kappa shape index (κ2) is 3.82. The smallest absolute Gasteiger partial charge is 0.235 e. The van der Waals surface area contributed by atoms with Gasteiger partial charge in [0.2, 0.25) is 6.08 Å². The van der Waals surface area contributed by atoms with Gasteiger partial charge in [-0.15, -0.1) is 0 Å². The summed E-state index contributed by atoms with van der Waals surface area (Å²) in [5.74, 6) is 0. The van der Waals surface area contributed by atoms with Crippen LogP contribution >= 0.6 is 0 Å². The van der Waals surface area contributed by atoms with Crippen LogP contribution in [0.25, 0.3) is 11.0 Å². The highest BCUT2D eigenvalue weighted by Crippen LogP contribution is 2.44. The summed E-state index contributed by atoms with van der Waals surface area (Å²) in [4.78, 5) is 14.7. The van der Waals surface area contributed by atoms with Crippen LogP contribution in [0.4, 0.5) is 0 Å². The number of hydrogen-bond acceptors (Lipinski definition) is 4. The number of rotatable bonds is 2. The zero-order valence-corrected chi connectivity index (χ0v) is 9.35. The summed E-state index contributed by atoms with van der Waals surface area (Å²) in [6.07, 6.45) is 7.32. The SMILES string of the molecule is O=C=NC1(c2cccc3cnoc23)CCCC1. The first-order chi connectivity index (χ1) is 8.36. The van der Waals surface area contributed by atoms with E-state index in [1.807, 2.05) is 18.2 Å². The highest BCUT2D eigenvalue weighted by Gasteiger charge is 2.37. The number of para-hydroxylation sites is 1. The Morgan fingerprint density at radius 3 is 2.94 bits per heavy atom. The lowest BCUT2D eigenvalue weighted by Gasteiger charge is -2.22. The Hall–Kier alpha value is -1.93. The molecule has 0 spiro atoms. The lowest BCUT2D eigenvalue weighted by atomic mass is 9.88. The first-order valence-corrected chi connectivity index (χ1v) is 5.79. The van der Waals surface area contributed by atoms with Gasteiger partial charge < -0.3 is 4.52 Å². The lowest BCUT2D eigenvalue weighted by molar-refractivity contribution is 0.423. The third kappa shape index (κ3) is 1.49. The summed E-state index contributed by atoms with van der Waals surface area (Å²) < 4.78 is 5.29. The van der Waals surface area contributed by atoms with Crippen molar-refractivity contribution in [2.75, 3.05) is 0 Å². The second-order valence-corrected chi connectivity index (χ2v) is 4.49. The molecule has 0 bridgehead atoms. The minimum Gasteiger partial charge on any atom is -0.356 e. The van der Waals surface area contributed by atoms with E-state index in [1.54, 1.807) is 12.3 Å². The van der Waals surface area contributed by atoms with Crippen LogP contribution in [-0.2, 0) is 10.3 Å². The number of aliphatic imine (C=N–C) groups is 1. The van der Waals surface area contributed by atoms with E-state index in [0.717, 1.165) is 42.2 Å². The lowest BCUT2D eigenvalue weighted by Crippen LogP contribution is -2.19. The van der Waals surface area contributed by atoms with E-state index in [2.05, 4.69) is 10.1 Å². The largest absolute Gasteiger partial charge is 0.356 e. The van der Waals surface area contributed by atoms with Crippen LogP contribution < -0.4 is 0 Å². The molecule has 1 fully saturated rings. The maximum Gasteiger partial charge on any atom is 0.235 e. The third-order valence-electron chi connectivity index (χ3n) is 3.57. The van der Waals surface area contributed by atoms with E-state index < -0.39 is 5.54 Å². The van der Waals surface area contributed by atoms with Gasteiger partial charge in [-0.2, -0.15) is 4.99 Å². The van der Waals surface area contributed by atoms with Crippen molar-refractivity contribution < 1.29 is 9.32 Å². The summed E-state index contributed by atoms with van der Waals surface area (Å²) in [5.41, 5.74) is 1.27. The Balaban J connectivity index is 2.25. The fourth-order valence-corrected chi connectivity index (χ4v) is 2.75. The molecule has 0 N–H and O–H groups in total. The van der Waals surface area contributed by atoms with Gasteiger partial charge in [0.05, 0.1) is 6.20 Å². The monoisotopic (exact) mass is 228 g/mol. The third-order valence-corrected chi connectivity index (χ3v) is 3.57. The fourth-order valence-electron chi connectivity index (χ4n) is 2.75. The van der Waals surface area contributed by atoms with Crippen molar-refractivity contribution in [3.05, 3.63) is 30.0 Å². The summed E-state index contributed by atoms with van der Waals surface area (Å²) in [6, 6.07) is 5.87. The van der Waals surface area contributed by atoms with Crippen molar-refractivity contribution in [2.24, 2.45) is 4.99 Å². The number of carbonyl (C=O) groups excluding carboxylic acids is 1. The second-order valence-electron chi connectivity index (χ2n) is 4.49. The molecule has 1 aliphatic rings. The average Bonchev–Trinajstić information content (AvgIpc) is 2.97. The number of fused-ring (bicyclic) bond motifs is 1. The first-order valence-electron chi connectivity index (χ1n) is 5.79. The Morgan fingerprint density at radius 2 is 2.18 bits per heavy atom. The van der Waals surface area contributed by atoms with E-state index in [4.69, 9.17) is 4.52 Å². The minimum atomic E-state index is -0.444. The van der Waals surface area contributed by atoms with Crippen molar-refractivity contribution >= 4 is 17.0 Å². The van der Waals surface area contributed by atoms with Gasteiger partial charge in [-0.3, -0.25) is 0 Å². The molecule has 1 aliphatic carbocycles. The van der Waals surface area contributed by atoms with Gasteiger partial charge in [-0.25, -0.2) is 4.79 Å². The van der Waals surface area contributed by atoms with Gasteiger partial charge in [0.15, 0.2) is 5.58 Å². The molecule has 0 saturated heterocycles. The van der Waals surface area contributed by atoms with Crippen LogP contribution in [0.5, 0.6) is 0 Å². The topological polar surface area (TPSA) is 55.5 Å². The normalized spacial score (nSPS) is 18.1. The Morgan fingerprint density at radius 1 is 1.35 bits per heavy atom. The standard InChI is InChI=1S/C13H12N2O2/c16-9-14-13(6-1-2-7-13)11-5-3-4-10-8-15-17-12(10)11/h3-5,8H,1-2,6-7H2. The molecule has 3 rings (SSSR count). The van der Waals surface area contributed by atoms with Crippen LogP contribution in [0.15, 0.2) is 33.9 Å². The number of benzene rings is 1. The van der Waals surface area contributed by atoms with Gasteiger partial charge in [0.1, 0.15) is 5.54 Å². The zero-order chi connectivity index (χ0) is 11.7. The zero-order valence-electron chi connectivity index (χ0n) is 9.35. The predicted octanol–water partition coefficient (Wildman–Crippen LogP) is 2.93. The van der Waals surface area contributed by atoms with Crippen LogP contribution in [0, 0.1) is 0 Å². The van der Waals surface area contributed by atoms with Crippen LogP contribution in [0.2, 0.25) is 0 Å². The van der Waals surface area contributed by atoms with Gasteiger partial charge in [-0.05, 0) is 18.9 Å². The fraction of sp³-hybridized carbons (Fsp3) is 0.385. The molecule has 4 nitrogen and oxygen atoms in total. The number of hydrogen-bond donors (Lipinski definition) is 0. The number of nitrogens with zero attached hydrogens (tertiary/aromatic N) is 2. The quantitative estimate of drug-likeness (QED) is 0.586. The van der Waals surface area contributed by atoms with Gasteiger partial charge >= 0.3 is 0 Å². The van der Waals surface area contributed by atoms with E-state index in [1.165, 1.54) is 0 Å². The summed E-state index contributed by atoms with van der Waals surface area (Å²) in [5, 5.41) is 4.76. The molecular weight excluding hydrogens is 216 g/mol. The molecule has 17 heavy (non-hydrogen) atoms. The highest BCUT2D eigenvalue weighted by molar-refractivity contribution is 5.80. The van der Waals surface area contributed by atoms with E-state index in [0.29, 0.717) is 0 Å². The first kappa shape index (κ1) is 10.2. The molecule has 0 aliphatic heterocycles. The van der Waals surface area contributed by atoms with Crippen LogP contribution in [-0.4, -0.2) is 11.2 Å². The predicted molar refractivity (Wildman–Crippen MR) is 62.3 cm³/mol. The van der Waals surface area contributed by atoms with E-state index >= 15 is 0 Å².